The number of fused-ring (bicyclic) bond motifs is 1. The van der Waals surface area contributed by atoms with Crippen LogP contribution >= 0.6 is 0 Å². The topological polar surface area (TPSA) is 69.7 Å². The molecule has 0 aromatic rings. The summed E-state index contributed by atoms with van der Waals surface area (Å²) in [5, 5.41) is 8.42. The Balaban J connectivity index is 1.30. The Hall–Kier alpha value is -0.240. The van der Waals surface area contributed by atoms with Crippen molar-refractivity contribution >= 4 is 0 Å². The zero-order chi connectivity index (χ0) is 10.5. The number of hydrogen-bond donors (Lipinski definition) is 1. The van der Waals surface area contributed by atoms with Crippen molar-refractivity contribution in [2.24, 2.45) is 0 Å². The van der Waals surface area contributed by atoms with Crippen molar-refractivity contribution in [1.29, 1.82) is 0 Å². The summed E-state index contributed by atoms with van der Waals surface area (Å²) in [6, 6.07) is 0. The van der Waals surface area contributed by atoms with Gasteiger partial charge in [-0.25, -0.2) is 0 Å². The molecule has 88 valence electrons. The van der Waals surface area contributed by atoms with E-state index in [1.165, 1.54) is 0 Å². The average Bonchev–Trinajstić information content (AvgIpc) is 2.87. The quantitative estimate of drug-likeness (QED) is 0.401. The van der Waals surface area contributed by atoms with E-state index < -0.39 is 0 Å². The molecule has 2 rings (SSSR count). The molecule has 0 spiro atoms. The van der Waals surface area contributed by atoms with Crippen LogP contribution in [0.4, 0.5) is 0 Å². The van der Waals surface area contributed by atoms with Crippen LogP contribution < -0.4 is 0 Å². The maximum Gasteiger partial charge on any atom is 0.192 e. The summed E-state index contributed by atoms with van der Waals surface area (Å²) in [4.78, 5) is 0. The van der Waals surface area contributed by atoms with E-state index in [2.05, 4.69) is 0 Å². The molecular formula is C9H16O6. The predicted molar refractivity (Wildman–Crippen MR) is 48.2 cm³/mol. The van der Waals surface area contributed by atoms with Crippen LogP contribution in [0.15, 0.2) is 0 Å². The van der Waals surface area contributed by atoms with E-state index in [1.54, 1.807) is 0 Å². The van der Waals surface area contributed by atoms with Crippen LogP contribution in [0.5, 0.6) is 0 Å². The number of aliphatic hydroxyl groups is 1. The largest absolute Gasteiger partial charge is 0.394 e. The second-order valence-electron chi connectivity index (χ2n) is 3.29. The molecule has 6 nitrogen and oxygen atoms in total. The summed E-state index contributed by atoms with van der Waals surface area (Å²) in [6.07, 6.45) is -0.0232. The molecule has 2 aliphatic heterocycles. The highest BCUT2D eigenvalue weighted by Gasteiger charge is 2.59. The van der Waals surface area contributed by atoms with Crippen molar-refractivity contribution in [2.75, 3.05) is 39.6 Å². The van der Waals surface area contributed by atoms with Crippen molar-refractivity contribution in [3.8, 4) is 0 Å². The van der Waals surface area contributed by atoms with E-state index in [4.69, 9.17) is 28.8 Å². The number of aliphatic hydroxyl groups excluding tert-OH is 1. The van der Waals surface area contributed by atoms with Gasteiger partial charge in [-0.05, 0) is 0 Å². The Morgan fingerprint density at radius 2 is 1.67 bits per heavy atom. The standard InChI is InChI=1S/C9H16O6/c10-1-2-11-3-4-12-5-6-13-8-7-9(14-7)15-8/h7-10H,1-6H2. The van der Waals surface area contributed by atoms with Gasteiger partial charge in [-0.2, -0.15) is 0 Å². The predicted octanol–water partition coefficient (Wildman–Crippen LogP) is -0.890. The summed E-state index contributed by atoms with van der Waals surface area (Å²) in [5.74, 6) is 0. The molecule has 0 bridgehead atoms. The van der Waals surface area contributed by atoms with Crippen molar-refractivity contribution in [1.82, 2.24) is 0 Å². The lowest BCUT2D eigenvalue weighted by Gasteiger charge is -2.20. The van der Waals surface area contributed by atoms with Crippen LogP contribution in [0, 0.1) is 0 Å². The Bertz CT molecular complexity index is 187. The number of epoxide rings is 1. The Morgan fingerprint density at radius 3 is 2.27 bits per heavy atom. The van der Waals surface area contributed by atoms with E-state index in [-0.39, 0.29) is 25.3 Å². The maximum atomic E-state index is 8.42. The Kier molecular flexibility index (Phi) is 4.30. The molecule has 0 saturated carbocycles. The van der Waals surface area contributed by atoms with Gasteiger partial charge >= 0.3 is 0 Å². The van der Waals surface area contributed by atoms with Gasteiger partial charge in [0.15, 0.2) is 18.7 Å². The first kappa shape index (κ1) is 11.3. The molecule has 15 heavy (non-hydrogen) atoms. The molecular weight excluding hydrogens is 204 g/mol. The van der Waals surface area contributed by atoms with Crippen LogP contribution in [0.1, 0.15) is 0 Å². The third-order valence-corrected chi connectivity index (χ3v) is 2.14. The van der Waals surface area contributed by atoms with Gasteiger partial charge in [0.2, 0.25) is 0 Å². The van der Waals surface area contributed by atoms with Gasteiger partial charge in [0.25, 0.3) is 0 Å². The fraction of sp³-hybridized carbons (Fsp3) is 1.00. The van der Waals surface area contributed by atoms with Crippen molar-refractivity contribution in [3.05, 3.63) is 0 Å². The third-order valence-electron chi connectivity index (χ3n) is 2.14. The van der Waals surface area contributed by atoms with Gasteiger partial charge in [-0.3, -0.25) is 0 Å². The zero-order valence-electron chi connectivity index (χ0n) is 8.46. The maximum absolute atomic E-state index is 8.42. The van der Waals surface area contributed by atoms with E-state index in [9.17, 15) is 0 Å². The summed E-state index contributed by atoms with van der Waals surface area (Å²) in [7, 11) is 0. The van der Waals surface area contributed by atoms with Crippen LogP contribution in [0.3, 0.4) is 0 Å². The number of hydrogen-bond acceptors (Lipinski definition) is 6. The van der Waals surface area contributed by atoms with Gasteiger partial charge in [0, 0.05) is 0 Å². The molecule has 3 atom stereocenters. The summed E-state index contributed by atoms with van der Waals surface area (Å²) in [6.45, 7) is 2.42. The highest BCUT2D eigenvalue weighted by atomic mass is 16.9. The molecule has 0 aromatic carbocycles. The lowest BCUT2D eigenvalue weighted by molar-refractivity contribution is -0.206. The van der Waals surface area contributed by atoms with Crippen LogP contribution in [-0.4, -0.2) is 63.4 Å². The van der Waals surface area contributed by atoms with Gasteiger partial charge in [-0.15, -0.1) is 0 Å². The van der Waals surface area contributed by atoms with Crippen molar-refractivity contribution < 1.29 is 28.8 Å². The second-order valence-corrected chi connectivity index (χ2v) is 3.29. The van der Waals surface area contributed by atoms with Crippen molar-refractivity contribution in [3.63, 3.8) is 0 Å². The van der Waals surface area contributed by atoms with Gasteiger partial charge in [-0.1, -0.05) is 0 Å². The lowest BCUT2D eigenvalue weighted by Crippen LogP contribution is -2.36. The van der Waals surface area contributed by atoms with E-state index in [0.717, 1.165) is 0 Å². The van der Waals surface area contributed by atoms with E-state index in [0.29, 0.717) is 33.0 Å². The molecule has 3 unspecified atom stereocenters. The van der Waals surface area contributed by atoms with Crippen LogP contribution in [-0.2, 0) is 23.7 Å². The average molecular weight is 220 g/mol. The van der Waals surface area contributed by atoms with Gasteiger partial charge in [0.05, 0.1) is 39.6 Å². The SMILES string of the molecule is OCCOCCOCCOC1OC2OC12. The third kappa shape index (κ3) is 3.37. The minimum atomic E-state index is -0.191. The molecule has 0 amide bonds. The van der Waals surface area contributed by atoms with E-state index >= 15 is 0 Å². The van der Waals surface area contributed by atoms with Crippen LogP contribution in [0.2, 0.25) is 0 Å². The Morgan fingerprint density at radius 1 is 0.933 bits per heavy atom. The van der Waals surface area contributed by atoms with Crippen molar-refractivity contribution in [2.45, 2.75) is 18.7 Å². The molecule has 2 fully saturated rings. The molecule has 2 aliphatic rings. The fourth-order valence-corrected chi connectivity index (χ4v) is 1.28. The number of ether oxygens (including phenoxy) is 5. The first-order chi connectivity index (χ1) is 7.42. The number of rotatable bonds is 9. The Labute approximate surface area is 88.0 Å². The first-order valence-corrected chi connectivity index (χ1v) is 5.10. The highest BCUT2D eigenvalue weighted by molar-refractivity contribution is 4.90. The minimum Gasteiger partial charge on any atom is -0.394 e. The first-order valence-electron chi connectivity index (χ1n) is 5.10. The van der Waals surface area contributed by atoms with Gasteiger partial charge in [0.1, 0.15) is 0 Å². The normalized spacial score (nSPS) is 32.2. The van der Waals surface area contributed by atoms with Gasteiger partial charge < -0.3 is 28.8 Å². The summed E-state index contributed by atoms with van der Waals surface area (Å²) < 4.78 is 25.7. The zero-order valence-corrected chi connectivity index (χ0v) is 8.46. The second kappa shape index (κ2) is 5.74. The fourth-order valence-electron chi connectivity index (χ4n) is 1.28. The molecule has 0 aliphatic carbocycles. The molecule has 0 aromatic heterocycles. The summed E-state index contributed by atoms with van der Waals surface area (Å²) >= 11 is 0. The molecule has 1 N–H and O–H groups in total. The highest BCUT2D eigenvalue weighted by Crippen LogP contribution is 2.40. The molecule has 0 radical (unpaired) electrons. The monoisotopic (exact) mass is 220 g/mol. The minimum absolute atomic E-state index is 0.00259. The molecule has 2 heterocycles. The molecule has 2 saturated heterocycles. The van der Waals surface area contributed by atoms with E-state index in [1.807, 2.05) is 0 Å². The van der Waals surface area contributed by atoms with Crippen LogP contribution in [0.25, 0.3) is 0 Å². The lowest BCUT2D eigenvalue weighted by atomic mass is 10.3. The molecule has 6 heteroatoms. The smallest absolute Gasteiger partial charge is 0.192 e. The summed E-state index contributed by atoms with van der Waals surface area (Å²) in [5.41, 5.74) is 0.